The highest BCUT2D eigenvalue weighted by Gasteiger charge is 2.34. The van der Waals surface area contributed by atoms with Crippen LogP contribution in [-0.2, 0) is 4.79 Å². The van der Waals surface area contributed by atoms with Crippen LogP contribution in [-0.4, -0.2) is 41.1 Å². The zero-order valence-electron chi connectivity index (χ0n) is 10.5. The minimum atomic E-state index is -0.499. The first kappa shape index (κ1) is 12.8. The molecule has 4 heteroatoms. The Labute approximate surface area is 103 Å². The van der Waals surface area contributed by atoms with Gasteiger partial charge in [0.1, 0.15) is 0 Å². The molecule has 3 N–H and O–H groups in total. The molecule has 98 valence electrons. The number of carbonyl (C=O) groups excluding carboxylic acids is 1. The molecule has 17 heavy (non-hydrogen) atoms. The molecule has 1 aliphatic heterocycles. The van der Waals surface area contributed by atoms with Gasteiger partial charge in [0.05, 0.1) is 12.1 Å². The van der Waals surface area contributed by atoms with E-state index in [-0.39, 0.29) is 17.9 Å². The molecule has 2 rings (SSSR count). The normalized spacial score (nSPS) is 32.2. The van der Waals surface area contributed by atoms with E-state index in [1.807, 2.05) is 4.90 Å². The Morgan fingerprint density at radius 3 is 2.47 bits per heavy atom. The number of aliphatic hydroxyl groups is 1. The quantitative estimate of drug-likeness (QED) is 0.704. The molecule has 0 aromatic carbocycles. The van der Waals surface area contributed by atoms with E-state index in [4.69, 9.17) is 5.73 Å². The zero-order valence-corrected chi connectivity index (χ0v) is 10.5. The second-order valence-corrected chi connectivity index (χ2v) is 5.43. The van der Waals surface area contributed by atoms with E-state index in [9.17, 15) is 9.90 Å². The van der Waals surface area contributed by atoms with E-state index in [0.29, 0.717) is 0 Å². The minimum absolute atomic E-state index is 0.0365. The minimum Gasteiger partial charge on any atom is -0.393 e. The van der Waals surface area contributed by atoms with Gasteiger partial charge in [0.15, 0.2) is 0 Å². The Morgan fingerprint density at radius 1 is 1.12 bits per heavy atom. The smallest absolute Gasteiger partial charge is 0.239 e. The lowest BCUT2D eigenvalue weighted by Gasteiger charge is -2.29. The summed E-state index contributed by atoms with van der Waals surface area (Å²) in [6.45, 7) is 1.69. The number of nitrogens with zero attached hydrogens (tertiary/aromatic N) is 1. The summed E-state index contributed by atoms with van der Waals surface area (Å²) in [6.07, 6.45) is 6.77. The first-order valence-corrected chi connectivity index (χ1v) is 6.92. The second-order valence-electron chi connectivity index (χ2n) is 5.43. The molecule has 3 atom stereocenters. The van der Waals surface area contributed by atoms with Crippen LogP contribution >= 0.6 is 0 Å². The Bertz CT molecular complexity index is 264. The summed E-state index contributed by atoms with van der Waals surface area (Å²) in [5.41, 5.74) is 6.08. The number of nitrogens with two attached hydrogens (primary N) is 1. The third-order valence-electron chi connectivity index (χ3n) is 4.20. The monoisotopic (exact) mass is 240 g/mol. The summed E-state index contributed by atoms with van der Waals surface area (Å²) in [5, 5.41) is 10.1. The SMILES string of the molecule is N[C@@H](C(=O)N1CCCC1)[C@@H]1CCCCC[C@H]1O. The van der Waals surface area contributed by atoms with Crippen LogP contribution in [0.15, 0.2) is 0 Å². The van der Waals surface area contributed by atoms with Crippen LogP contribution in [0.4, 0.5) is 0 Å². The van der Waals surface area contributed by atoms with Gasteiger partial charge in [-0.2, -0.15) is 0 Å². The number of rotatable bonds is 2. The average Bonchev–Trinajstić information content (AvgIpc) is 2.77. The molecule has 0 aromatic rings. The first-order valence-electron chi connectivity index (χ1n) is 6.92. The Morgan fingerprint density at radius 2 is 1.76 bits per heavy atom. The molecular formula is C13H24N2O2. The molecule has 1 saturated carbocycles. The van der Waals surface area contributed by atoms with Gasteiger partial charge >= 0.3 is 0 Å². The number of hydrogen-bond acceptors (Lipinski definition) is 3. The molecule has 1 heterocycles. The van der Waals surface area contributed by atoms with Gasteiger partial charge in [0.2, 0.25) is 5.91 Å². The molecule has 4 nitrogen and oxygen atoms in total. The van der Waals surface area contributed by atoms with Gasteiger partial charge < -0.3 is 15.7 Å². The van der Waals surface area contributed by atoms with Crippen molar-refractivity contribution in [1.29, 1.82) is 0 Å². The Balaban J connectivity index is 1.96. The average molecular weight is 240 g/mol. The molecule has 0 unspecified atom stereocenters. The maximum absolute atomic E-state index is 12.2. The first-order chi connectivity index (χ1) is 8.20. The molecule has 0 bridgehead atoms. The number of carbonyl (C=O) groups is 1. The molecule has 2 fully saturated rings. The van der Waals surface area contributed by atoms with Crippen molar-refractivity contribution in [3.05, 3.63) is 0 Å². The van der Waals surface area contributed by atoms with Crippen LogP contribution in [0.3, 0.4) is 0 Å². The molecular weight excluding hydrogens is 216 g/mol. The number of aliphatic hydroxyl groups excluding tert-OH is 1. The van der Waals surface area contributed by atoms with Crippen LogP contribution in [0.1, 0.15) is 44.9 Å². The molecule has 0 spiro atoms. The van der Waals surface area contributed by atoms with Crippen LogP contribution in [0.25, 0.3) is 0 Å². The maximum Gasteiger partial charge on any atom is 0.239 e. The van der Waals surface area contributed by atoms with E-state index < -0.39 is 6.04 Å². The lowest BCUT2D eigenvalue weighted by atomic mass is 9.89. The topological polar surface area (TPSA) is 66.6 Å². The summed E-state index contributed by atoms with van der Waals surface area (Å²) in [4.78, 5) is 14.1. The van der Waals surface area contributed by atoms with Crippen LogP contribution in [0.2, 0.25) is 0 Å². The summed E-state index contributed by atoms with van der Waals surface area (Å²) in [7, 11) is 0. The molecule has 0 radical (unpaired) electrons. The van der Waals surface area contributed by atoms with E-state index in [1.54, 1.807) is 0 Å². The third-order valence-corrected chi connectivity index (χ3v) is 4.20. The lowest BCUT2D eigenvalue weighted by Crippen LogP contribution is -2.49. The fourth-order valence-corrected chi connectivity index (χ4v) is 3.07. The van der Waals surface area contributed by atoms with Crippen molar-refractivity contribution >= 4 is 5.91 Å². The van der Waals surface area contributed by atoms with Crippen molar-refractivity contribution in [3.63, 3.8) is 0 Å². The molecule has 1 saturated heterocycles. The lowest BCUT2D eigenvalue weighted by molar-refractivity contribution is -0.134. The predicted octanol–water partition coefficient (Wildman–Crippen LogP) is 0.877. The van der Waals surface area contributed by atoms with E-state index in [2.05, 4.69) is 0 Å². The van der Waals surface area contributed by atoms with Crippen LogP contribution in [0.5, 0.6) is 0 Å². The van der Waals surface area contributed by atoms with Gasteiger partial charge in [0.25, 0.3) is 0 Å². The third kappa shape index (κ3) is 2.99. The van der Waals surface area contributed by atoms with Crippen molar-refractivity contribution < 1.29 is 9.90 Å². The maximum atomic E-state index is 12.2. The standard InChI is InChI=1S/C13H24N2O2/c14-12(13(17)15-8-4-5-9-15)10-6-2-1-3-7-11(10)16/h10-12,16H,1-9,14H2/t10-,11-,12-/m1/s1. The van der Waals surface area contributed by atoms with Gasteiger partial charge in [-0.3, -0.25) is 4.79 Å². The van der Waals surface area contributed by atoms with Gasteiger partial charge in [-0.1, -0.05) is 19.3 Å². The van der Waals surface area contributed by atoms with Crippen molar-refractivity contribution in [2.45, 2.75) is 57.1 Å². The second kappa shape index (κ2) is 5.83. The highest BCUT2D eigenvalue weighted by Crippen LogP contribution is 2.26. The molecule has 1 aliphatic carbocycles. The number of amides is 1. The van der Waals surface area contributed by atoms with Crippen molar-refractivity contribution in [2.24, 2.45) is 11.7 Å². The highest BCUT2D eigenvalue weighted by atomic mass is 16.3. The van der Waals surface area contributed by atoms with Crippen LogP contribution < -0.4 is 5.73 Å². The number of likely N-dealkylation sites (tertiary alicyclic amines) is 1. The van der Waals surface area contributed by atoms with Gasteiger partial charge in [0, 0.05) is 19.0 Å². The number of hydrogen-bond donors (Lipinski definition) is 2. The Kier molecular flexibility index (Phi) is 4.40. The molecule has 1 amide bonds. The largest absolute Gasteiger partial charge is 0.393 e. The van der Waals surface area contributed by atoms with Gasteiger partial charge in [-0.05, 0) is 25.7 Å². The van der Waals surface area contributed by atoms with Crippen molar-refractivity contribution in [2.75, 3.05) is 13.1 Å². The van der Waals surface area contributed by atoms with E-state index >= 15 is 0 Å². The summed E-state index contributed by atoms with van der Waals surface area (Å²) in [6, 6.07) is -0.499. The van der Waals surface area contributed by atoms with Crippen LogP contribution in [0, 0.1) is 5.92 Å². The van der Waals surface area contributed by atoms with E-state index in [0.717, 1.165) is 58.0 Å². The predicted molar refractivity (Wildman–Crippen MR) is 66.4 cm³/mol. The molecule has 0 aromatic heterocycles. The summed E-state index contributed by atoms with van der Waals surface area (Å²) < 4.78 is 0. The highest BCUT2D eigenvalue weighted by molar-refractivity contribution is 5.82. The zero-order chi connectivity index (χ0) is 12.3. The van der Waals surface area contributed by atoms with Gasteiger partial charge in [-0.15, -0.1) is 0 Å². The summed E-state index contributed by atoms with van der Waals surface area (Å²) >= 11 is 0. The summed E-state index contributed by atoms with van der Waals surface area (Å²) in [5.74, 6) is 0.0130. The van der Waals surface area contributed by atoms with E-state index in [1.165, 1.54) is 0 Å². The van der Waals surface area contributed by atoms with Crippen molar-refractivity contribution in [1.82, 2.24) is 4.90 Å². The van der Waals surface area contributed by atoms with Gasteiger partial charge in [-0.25, -0.2) is 0 Å². The Hall–Kier alpha value is -0.610. The fraction of sp³-hybridized carbons (Fsp3) is 0.923. The fourth-order valence-electron chi connectivity index (χ4n) is 3.07. The van der Waals surface area contributed by atoms with Crippen molar-refractivity contribution in [3.8, 4) is 0 Å². The molecule has 2 aliphatic rings.